The van der Waals surface area contributed by atoms with Crippen molar-refractivity contribution in [1.82, 2.24) is 9.78 Å². The molecule has 1 unspecified atom stereocenters. The van der Waals surface area contributed by atoms with Crippen LogP contribution >= 0.6 is 0 Å². The van der Waals surface area contributed by atoms with Crippen LogP contribution in [-0.4, -0.2) is 15.6 Å². The van der Waals surface area contributed by atoms with Crippen molar-refractivity contribution in [3.05, 3.63) is 40.3 Å². The van der Waals surface area contributed by atoms with Crippen molar-refractivity contribution in [2.24, 2.45) is 0 Å². The molecule has 1 heterocycles. The van der Waals surface area contributed by atoms with Crippen LogP contribution < -0.4 is 5.56 Å². The molecule has 102 valence electrons. The average molecular weight is 260 g/mol. The van der Waals surface area contributed by atoms with Gasteiger partial charge in [-0.25, -0.2) is 4.68 Å². The summed E-state index contributed by atoms with van der Waals surface area (Å²) in [5.41, 5.74) is 1.52. The summed E-state index contributed by atoms with van der Waals surface area (Å²) in [6, 6.07) is 1.16. The van der Waals surface area contributed by atoms with Crippen molar-refractivity contribution < 1.29 is 4.79 Å². The summed E-state index contributed by atoms with van der Waals surface area (Å²) in [6.07, 6.45) is 3.46. The number of hydrogen-bond donors (Lipinski definition) is 0. The van der Waals surface area contributed by atoms with Crippen LogP contribution in [0.15, 0.2) is 29.2 Å². The number of allylic oxidation sites excluding steroid dienone is 1. The molecule has 4 heteroatoms. The highest BCUT2D eigenvalue weighted by molar-refractivity contribution is 5.85. The van der Waals surface area contributed by atoms with Gasteiger partial charge in [0.05, 0.1) is 6.20 Å². The van der Waals surface area contributed by atoms with Gasteiger partial charge in [0.2, 0.25) is 0 Å². The van der Waals surface area contributed by atoms with Gasteiger partial charge in [-0.1, -0.05) is 32.9 Å². The van der Waals surface area contributed by atoms with Crippen LogP contribution in [0.3, 0.4) is 0 Å². The first-order chi connectivity index (χ1) is 8.79. The molecular formula is C15H20N2O2. The summed E-state index contributed by atoms with van der Waals surface area (Å²) in [4.78, 5) is 24.1. The second-order valence-corrected chi connectivity index (χ2v) is 6.22. The number of Topliss-reactive ketones (excluding diaryl/α,β-unsaturated/α-hetero) is 1. The van der Waals surface area contributed by atoms with Gasteiger partial charge in [0.1, 0.15) is 6.04 Å². The van der Waals surface area contributed by atoms with E-state index in [0.717, 1.165) is 17.6 Å². The fraction of sp³-hybridized carbons (Fsp3) is 0.533. The third kappa shape index (κ3) is 2.83. The molecule has 4 nitrogen and oxygen atoms in total. The molecule has 0 saturated heterocycles. The zero-order valence-electron chi connectivity index (χ0n) is 11.8. The first-order valence-electron chi connectivity index (χ1n) is 6.58. The first-order valence-corrected chi connectivity index (χ1v) is 6.58. The maximum absolute atomic E-state index is 12.1. The minimum atomic E-state index is -0.424. The first kappa shape index (κ1) is 13.7. The number of ketones is 1. The van der Waals surface area contributed by atoms with Gasteiger partial charge in [-0.05, 0) is 23.8 Å². The quantitative estimate of drug-likeness (QED) is 0.728. The van der Waals surface area contributed by atoms with Crippen LogP contribution in [-0.2, 0) is 10.2 Å². The highest BCUT2D eigenvalue weighted by Crippen LogP contribution is 2.27. The average Bonchev–Trinajstić information content (AvgIpc) is 2.28. The minimum Gasteiger partial charge on any atom is -0.297 e. The SMILES string of the molecule is C=C1CCC(n2ncc(C(C)(C)C)cc2=O)C(=O)C1. The summed E-state index contributed by atoms with van der Waals surface area (Å²) < 4.78 is 1.32. The molecule has 1 saturated carbocycles. The summed E-state index contributed by atoms with van der Waals surface area (Å²) in [6.45, 7) is 9.93. The molecule has 1 aromatic rings. The molecule has 0 radical (unpaired) electrons. The minimum absolute atomic E-state index is 0.0364. The summed E-state index contributed by atoms with van der Waals surface area (Å²) >= 11 is 0. The lowest BCUT2D eigenvalue weighted by Gasteiger charge is -2.24. The number of carbonyl (C=O) groups is 1. The number of carbonyl (C=O) groups excluding carboxylic acids is 1. The molecular weight excluding hydrogens is 240 g/mol. The van der Waals surface area contributed by atoms with Crippen molar-refractivity contribution in [2.75, 3.05) is 0 Å². The lowest BCUT2D eigenvalue weighted by Crippen LogP contribution is -2.34. The highest BCUT2D eigenvalue weighted by atomic mass is 16.1. The molecule has 0 bridgehead atoms. The standard InChI is InChI=1S/C15H20N2O2/c1-10-5-6-12(13(18)7-10)17-14(19)8-11(9-16-17)15(2,3)4/h8-9,12H,1,5-7H2,2-4H3. The van der Waals surface area contributed by atoms with Crippen LogP contribution in [0.2, 0.25) is 0 Å². The molecule has 0 aromatic carbocycles. The number of hydrogen-bond acceptors (Lipinski definition) is 3. The zero-order chi connectivity index (χ0) is 14.2. The Labute approximate surface area is 113 Å². The van der Waals surface area contributed by atoms with E-state index in [1.807, 2.05) is 20.8 Å². The molecule has 0 aliphatic heterocycles. The Morgan fingerprint density at radius 3 is 2.58 bits per heavy atom. The fourth-order valence-electron chi connectivity index (χ4n) is 2.28. The molecule has 0 amide bonds. The third-order valence-electron chi connectivity index (χ3n) is 3.55. The molecule has 0 spiro atoms. The van der Waals surface area contributed by atoms with Crippen LogP contribution in [0, 0.1) is 0 Å². The molecule has 1 aromatic heterocycles. The van der Waals surface area contributed by atoms with Gasteiger partial charge >= 0.3 is 0 Å². The Morgan fingerprint density at radius 2 is 2.05 bits per heavy atom. The van der Waals surface area contributed by atoms with E-state index in [9.17, 15) is 9.59 Å². The van der Waals surface area contributed by atoms with Gasteiger partial charge in [-0.2, -0.15) is 5.10 Å². The van der Waals surface area contributed by atoms with E-state index in [-0.39, 0.29) is 16.8 Å². The highest BCUT2D eigenvalue weighted by Gasteiger charge is 2.27. The predicted molar refractivity (Wildman–Crippen MR) is 74.2 cm³/mol. The molecule has 1 fully saturated rings. The summed E-state index contributed by atoms with van der Waals surface area (Å²) in [5, 5.41) is 4.20. The van der Waals surface area contributed by atoms with Crippen molar-refractivity contribution in [2.45, 2.75) is 51.5 Å². The van der Waals surface area contributed by atoms with Crippen molar-refractivity contribution in [3.63, 3.8) is 0 Å². The Balaban J connectivity index is 2.34. The van der Waals surface area contributed by atoms with Crippen LogP contribution in [0.4, 0.5) is 0 Å². The van der Waals surface area contributed by atoms with Gasteiger partial charge in [-0.3, -0.25) is 9.59 Å². The van der Waals surface area contributed by atoms with Gasteiger partial charge in [0.25, 0.3) is 5.56 Å². The zero-order valence-corrected chi connectivity index (χ0v) is 11.8. The van der Waals surface area contributed by atoms with Gasteiger partial charge in [0.15, 0.2) is 5.78 Å². The molecule has 1 atom stereocenters. The second kappa shape index (κ2) is 4.76. The van der Waals surface area contributed by atoms with E-state index in [2.05, 4.69) is 11.7 Å². The van der Waals surface area contributed by atoms with Gasteiger partial charge in [0, 0.05) is 12.5 Å². The van der Waals surface area contributed by atoms with E-state index in [1.54, 1.807) is 12.3 Å². The largest absolute Gasteiger partial charge is 0.297 e. The molecule has 1 aliphatic carbocycles. The fourth-order valence-corrected chi connectivity index (χ4v) is 2.28. The second-order valence-electron chi connectivity index (χ2n) is 6.22. The topological polar surface area (TPSA) is 52.0 Å². The van der Waals surface area contributed by atoms with E-state index in [1.165, 1.54) is 4.68 Å². The third-order valence-corrected chi connectivity index (χ3v) is 3.55. The lowest BCUT2D eigenvalue weighted by molar-refractivity contribution is -0.123. The summed E-state index contributed by atoms with van der Waals surface area (Å²) in [7, 11) is 0. The molecule has 0 N–H and O–H groups in total. The summed E-state index contributed by atoms with van der Waals surface area (Å²) in [5.74, 6) is 0.0364. The monoisotopic (exact) mass is 260 g/mol. The van der Waals surface area contributed by atoms with Crippen molar-refractivity contribution in [1.29, 1.82) is 0 Å². The van der Waals surface area contributed by atoms with Crippen LogP contribution in [0.25, 0.3) is 0 Å². The van der Waals surface area contributed by atoms with Crippen molar-refractivity contribution in [3.8, 4) is 0 Å². The van der Waals surface area contributed by atoms with Gasteiger partial charge in [-0.15, -0.1) is 0 Å². The Morgan fingerprint density at radius 1 is 1.37 bits per heavy atom. The van der Waals surface area contributed by atoms with E-state index in [4.69, 9.17) is 0 Å². The molecule has 19 heavy (non-hydrogen) atoms. The van der Waals surface area contributed by atoms with Crippen molar-refractivity contribution >= 4 is 5.78 Å². The predicted octanol–water partition coefficient (Wildman–Crippen LogP) is 2.39. The maximum atomic E-state index is 12.1. The number of rotatable bonds is 1. The van der Waals surface area contributed by atoms with E-state index >= 15 is 0 Å². The number of nitrogens with zero attached hydrogens (tertiary/aromatic N) is 2. The smallest absolute Gasteiger partial charge is 0.267 e. The molecule has 1 aliphatic rings. The molecule has 2 rings (SSSR count). The Bertz CT molecular complexity index is 579. The van der Waals surface area contributed by atoms with Crippen LogP contribution in [0.5, 0.6) is 0 Å². The number of aromatic nitrogens is 2. The maximum Gasteiger partial charge on any atom is 0.267 e. The Hall–Kier alpha value is -1.71. The van der Waals surface area contributed by atoms with E-state index < -0.39 is 6.04 Å². The van der Waals surface area contributed by atoms with Gasteiger partial charge < -0.3 is 0 Å². The normalized spacial score (nSPS) is 20.7. The van der Waals surface area contributed by atoms with E-state index in [0.29, 0.717) is 12.8 Å². The Kier molecular flexibility index (Phi) is 3.43. The van der Waals surface area contributed by atoms with Crippen LogP contribution in [0.1, 0.15) is 51.6 Å². The lowest BCUT2D eigenvalue weighted by atomic mass is 9.88.